The summed E-state index contributed by atoms with van der Waals surface area (Å²) in [6.45, 7) is 3.99. The molecule has 0 bridgehead atoms. The first kappa shape index (κ1) is 10.7. The molecule has 1 amide bonds. The van der Waals surface area contributed by atoms with E-state index in [1.807, 2.05) is 37.3 Å². The zero-order chi connectivity index (χ0) is 10.6. The molecule has 0 radical (unpaired) electrons. The van der Waals surface area contributed by atoms with Crippen LogP contribution in [0.5, 0.6) is 0 Å². The highest BCUT2D eigenvalue weighted by Gasteiger charge is 2.11. The summed E-state index contributed by atoms with van der Waals surface area (Å²) in [5, 5.41) is 0. The molecule has 0 aliphatic rings. The summed E-state index contributed by atoms with van der Waals surface area (Å²) in [7, 11) is 0. The Balaban J connectivity index is 2.84. The minimum Gasteiger partial charge on any atom is -0.326 e. The van der Waals surface area contributed by atoms with Crippen molar-refractivity contribution in [2.75, 3.05) is 11.4 Å². The first-order chi connectivity index (χ1) is 6.61. The Bertz CT molecular complexity index is 295. The number of benzene rings is 1. The highest BCUT2D eigenvalue weighted by atomic mass is 16.2. The number of amides is 1. The van der Waals surface area contributed by atoms with E-state index >= 15 is 0 Å². The Morgan fingerprint density at radius 2 is 2.00 bits per heavy atom. The lowest BCUT2D eigenvalue weighted by atomic mass is 10.2. The summed E-state index contributed by atoms with van der Waals surface area (Å²) in [5.74, 6) is 0.0218. The highest BCUT2D eigenvalue weighted by Crippen LogP contribution is 2.13. The summed E-state index contributed by atoms with van der Waals surface area (Å²) in [6.07, 6.45) is 0. The number of hydrogen-bond donors (Lipinski definition) is 1. The van der Waals surface area contributed by atoms with E-state index in [1.54, 1.807) is 11.8 Å². The minimum atomic E-state index is -0.0147. The van der Waals surface area contributed by atoms with Crippen molar-refractivity contribution in [1.29, 1.82) is 0 Å². The van der Waals surface area contributed by atoms with Gasteiger partial charge in [-0.25, -0.2) is 0 Å². The smallest absolute Gasteiger partial charge is 0.223 e. The molecule has 0 spiro atoms. The van der Waals surface area contributed by atoms with E-state index in [9.17, 15) is 4.79 Å². The van der Waals surface area contributed by atoms with Crippen LogP contribution in [0.4, 0.5) is 5.69 Å². The van der Waals surface area contributed by atoms with Crippen LogP contribution < -0.4 is 10.6 Å². The van der Waals surface area contributed by atoms with Crippen molar-refractivity contribution in [2.45, 2.75) is 19.9 Å². The van der Waals surface area contributed by atoms with Crippen LogP contribution in [0.15, 0.2) is 30.3 Å². The molecule has 1 aromatic carbocycles. The third-order valence-corrected chi connectivity index (χ3v) is 1.92. The van der Waals surface area contributed by atoms with E-state index in [0.717, 1.165) is 5.69 Å². The lowest BCUT2D eigenvalue weighted by Crippen LogP contribution is -2.38. The molecule has 1 atom stereocenters. The van der Waals surface area contributed by atoms with E-state index in [0.29, 0.717) is 6.54 Å². The molecule has 1 aromatic rings. The maximum atomic E-state index is 11.4. The molecule has 3 heteroatoms. The fourth-order valence-corrected chi connectivity index (χ4v) is 1.31. The number of para-hydroxylation sites is 1. The Labute approximate surface area is 84.5 Å². The predicted octanol–water partition coefficient (Wildman–Crippen LogP) is 1.39. The summed E-state index contributed by atoms with van der Waals surface area (Å²) >= 11 is 0. The number of nitrogens with two attached hydrogens (primary N) is 1. The van der Waals surface area contributed by atoms with Crippen LogP contribution in [0.25, 0.3) is 0 Å². The Morgan fingerprint density at radius 1 is 1.43 bits per heavy atom. The molecule has 0 heterocycles. The van der Waals surface area contributed by atoms with Crippen molar-refractivity contribution >= 4 is 11.6 Å². The molecule has 1 rings (SSSR count). The lowest BCUT2D eigenvalue weighted by molar-refractivity contribution is -0.116. The molecular formula is C11H16N2O. The zero-order valence-electron chi connectivity index (χ0n) is 8.60. The van der Waals surface area contributed by atoms with Crippen LogP contribution in [0.1, 0.15) is 13.8 Å². The van der Waals surface area contributed by atoms with E-state index in [2.05, 4.69) is 0 Å². The van der Waals surface area contributed by atoms with Crippen LogP contribution >= 0.6 is 0 Å². The van der Waals surface area contributed by atoms with Crippen molar-refractivity contribution in [3.63, 3.8) is 0 Å². The van der Waals surface area contributed by atoms with Crippen LogP contribution in [0, 0.1) is 0 Å². The summed E-state index contributed by atoms with van der Waals surface area (Å²) in [4.78, 5) is 13.0. The van der Waals surface area contributed by atoms with Crippen molar-refractivity contribution in [3.05, 3.63) is 30.3 Å². The maximum Gasteiger partial charge on any atom is 0.223 e. The molecule has 0 saturated carbocycles. The molecule has 76 valence electrons. The van der Waals surface area contributed by atoms with Crippen molar-refractivity contribution in [3.8, 4) is 0 Å². The molecule has 0 fully saturated rings. The van der Waals surface area contributed by atoms with Crippen molar-refractivity contribution in [1.82, 2.24) is 0 Å². The molecule has 1 unspecified atom stereocenters. The maximum absolute atomic E-state index is 11.4. The molecule has 0 aromatic heterocycles. The number of hydrogen-bond acceptors (Lipinski definition) is 2. The van der Waals surface area contributed by atoms with Gasteiger partial charge in [-0.2, -0.15) is 0 Å². The largest absolute Gasteiger partial charge is 0.326 e. The van der Waals surface area contributed by atoms with Crippen molar-refractivity contribution in [2.24, 2.45) is 5.73 Å². The first-order valence-corrected chi connectivity index (χ1v) is 4.70. The van der Waals surface area contributed by atoms with Gasteiger partial charge in [0.05, 0.1) is 0 Å². The normalized spacial score (nSPS) is 12.2. The molecule has 0 aliphatic carbocycles. The highest BCUT2D eigenvalue weighted by molar-refractivity contribution is 5.91. The number of carbonyl (C=O) groups is 1. The minimum absolute atomic E-state index is 0.0147. The van der Waals surface area contributed by atoms with Crippen molar-refractivity contribution < 1.29 is 4.79 Å². The lowest BCUT2D eigenvalue weighted by Gasteiger charge is -2.22. The number of nitrogens with zero attached hydrogens (tertiary/aromatic N) is 1. The summed E-state index contributed by atoms with van der Waals surface area (Å²) in [5.41, 5.74) is 6.57. The molecule has 14 heavy (non-hydrogen) atoms. The summed E-state index contributed by atoms with van der Waals surface area (Å²) in [6, 6.07) is 9.54. The SMILES string of the molecule is CC(=O)N(CC(C)N)c1ccccc1. The van der Waals surface area contributed by atoms with Crippen LogP contribution in [-0.4, -0.2) is 18.5 Å². The van der Waals surface area contributed by atoms with E-state index in [4.69, 9.17) is 5.73 Å². The molecule has 2 N–H and O–H groups in total. The second-order valence-electron chi connectivity index (χ2n) is 3.44. The van der Waals surface area contributed by atoms with Gasteiger partial charge in [0, 0.05) is 25.2 Å². The van der Waals surface area contributed by atoms with Gasteiger partial charge in [0.25, 0.3) is 0 Å². The van der Waals surface area contributed by atoms with E-state index in [1.165, 1.54) is 0 Å². The summed E-state index contributed by atoms with van der Waals surface area (Å²) < 4.78 is 0. The standard InChI is InChI=1S/C11H16N2O/c1-9(12)8-13(10(2)14)11-6-4-3-5-7-11/h3-7,9H,8,12H2,1-2H3. The fourth-order valence-electron chi connectivity index (χ4n) is 1.31. The Kier molecular flexibility index (Phi) is 3.65. The van der Waals surface area contributed by atoms with Gasteiger partial charge in [-0.1, -0.05) is 18.2 Å². The molecule has 0 saturated heterocycles. The molecule has 3 nitrogen and oxygen atoms in total. The number of rotatable bonds is 3. The number of anilines is 1. The van der Waals surface area contributed by atoms with Crippen LogP contribution in [0.2, 0.25) is 0 Å². The number of carbonyl (C=O) groups excluding carboxylic acids is 1. The quantitative estimate of drug-likeness (QED) is 0.786. The third-order valence-electron chi connectivity index (χ3n) is 1.92. The van der Waals surface area contributed by atoms with E-state index < -0.39 is 0 Å². The molecular weight excluding hydrogens is 176 g/mol. The zero-order valence-corrected chi connectivity index (χ0v) is 8.60. The second-order valence-corrected chi connectivity index (χ2v) is 3.44. The average molecular weight is 192 g/mol. The van der Waals surface area contributed by atoms with Crippen LogP contribution in [-0.2, 0) is 4.79 Å². The second kappa shape index (κ2) is 4.77. The average Bonchev–Trinajstić information content (AvgIpc) is 2.15. The van der Waals surface area contributed by atoms with Gasteiger partial charge in [0.15, 0.2) is 0 Å². The Hall–Kier alpha value is -1.35. The van der Waals surface area contributed by atoms with Crippen LogP contribution in [0.3, 0.4) is 0 Å². The van der Waals surface area contributed by atoms with Gasteiger partial charge in [-0.05, 0) is 19.1 Å². The predicted molar refractivity (Wildman–Crippen MR) is 58.1 cm³/mol. The Morgan fingerprint density at radius 3 is 2.43 bits per heavy atom. The van der Waals surface area contributed by atoms with Gasteiger partial charge >= 0.3 is 0 Å². The fraction of sp³-hybridized carbons (Fsp3) is 0.364. The van der Waals surface area contributed by atoms with Gasteiger partial charge in [0.1, 0.15) is 0 Å². The van der Waals surface area contributed by atoms with Gasteiger partial charge in [-0.3, -0.25) is 4.79 Å². The monoisotopic (exact) mass is 192 g/mol. The van der Waals surface area contributed by atoms with Gasteiger partial charge in [-0.15, -0.1) is 0 Å². The van der Waals surface area contributed by atoms with Gasteiger partial charge < -0.3 is 10.6 Å². The van der Waals surface area contributed by atoms with Gasteiger partial charge in [0.2, 0.25) is 5.91 Å². The topological polar surface area (TPSA) is 46.3 Å². The molecule has 0 aliphatic heterocycles. The third kappa shape index (κ3) is 2.85. The first-order valence-electron chi connectivity index (χ1n) is 4.70. The van der Waals surface area contributed by atoms with E-state index in [-0.39, 0.29) is 11.9 Å².